The molecule has 0 spiro atoms. The third kappa shape index (κ3) is 4.90. The number of nitrogens with one attached hydrogen (secondary N) is 1. The molecule has 2 N–H and O–H groups in total. The van der Waals surface area contributed by atoms with Crippen molar-refractivity contribution in [1.29, 1.82) is 0 Å². The number of carbonyl (C=O) groups excluding carboxylic acids is 1. The SMILES string of the molecule is O=C(CCc1ccsc1)NCC(O)CN1CCc2ccccc2C1. The molecule has 128 valence electrons. The number of carbonyl (C=O) groups is 1. The summed E-state index contributed by atoms with van der Waals surface area (Å²) in [4.78, 5) is 14.1. The summed E-state index contributed by atoms with van der Waals surface area (Å²) in [5, 5.41) is 17.1. The molecule has 4 nitrogen and oxygen atoms in total. The maximum Gasteiger partial charge on any atom is 0.220 e. The lowest BCUT2D eigenvalue weighted by Gasteiger charge is -2.30. The lowest BCUT2D eigenvalue weighted by Crippen LogP contribution is -2.42. The third-order valence-corrected chi connectivity index (χ3v) is 5.17. The van der Waals surface area contributed by atoms with E-state index in [0.29, 0.717) is 19.5 Å². The van der Waals surface area contributed by atoms with Gasteiger partial charge in [0, 0.05) is 32.6 Å². The molecule has 1 aliphatic heterocycles. The molecule has 0 fully saturated rings. The fraction of sp³-hybridized carbons (Fsp3) is 0.421. The van der Waals surface area contributed by atoms with E-state index in [0.717, 1.165) is 25.9 Å². The Hall–Kier alpha value is -1.69. The Morgan fingerprint density at radius 2 is 2.12 bits per heavy atom. The van der Waals surface area contributed by atoms with Crippen molar-refractivity contribution in [2.24, 2.45) is 0 Å². The first kappa shape index (κ1) is 17.1. The maximum absolute atomic E-state index is 11.9. The molecule has 2 aromatic rings. The number of hydrogen-bond donors (Lipinski definition) is 2. The summed E-state index contributed by atoms with van der Waals surface area (Å²) in [5.41, 5.74) is 3.95. The van der Waals surface area contributed by atoms with Gasteiger partial charge in [-0.05, 0) is 46.4 Å². The molecular weight excluding hydrogens is 320 g/mol. The highest BCUT2D eigenvalue weighted by molar-refractivity contribution is 7.07. The van der Waals surface area contributed by atoms with Gasteiger partial charge in [-0.3, -0.25) is 9.69 Å². The van der Waals surface area contributed by atoms with Gasteiger partial charge < -0.3 is 10.4 Å². The molecule has 2 heterocycles. The predicted molar refractivity (Wildman–Crippen MR) is 97.1 cm³/mol. The standard InChI is InChI=1S/C19H24N2O2S/c22-18(11-20-19(23)6-5-15-8-10-24-14-15)13-21-9-7-16-3-1-2-4-17(16)12-21/h1-4,8,10,14,18,22H,5-7,9,11-13H2,(H,20,23). The number of aliphatic hydroxyl groups is 1. The Labute approximate surface area is 147 Å². The summed E-state index contributed by atoms with van der Waals surface area (Å²) in [6.45, 7) is 2.75. The van der Waals surface area contributed by atoms with Crippen LogP contribution in [0.5, 0.6) is 0 Å². The van der Waals surface area contributed by atoms with Crippen molar-refractivity contribution < 1.29 is 9.90 Å². The normalized spacial score (nSPS) is 15.7. The number of benzene rings is 1. The van der Waals surface area contributed by atoms with Gasteiger partial charge in [0.1, 0.15) is 0 Å². The summed E-state index contributed by atoms with van der Waals surface area (Å²) < 4.78 is 0. The Morgan fingerprint density at radius 1 is 1.29 bits per heavy atom. The zero-order chi connectivity index (χ0) is 16.8. The van der Waals surface area contributed by atoms with Crippen LogP contribution in [0.25, 0.3) is 0 Å². The summed E-state index contributed by atoms with van der Waals surface area (Å²) >= 11 is 1.65. The van der Waals surface area contributed by atoms with Gasteiger partial charge in [0.15, 0.2) is 0 Å². The zero-order valence-corrected chi connectivity index (χ0v) is 14.6. The molecule has 1 amide bonds. The van der Waals surface area contributed by atoms with Crippen LogP contribution in [0.3, 0.4) is 0 Å². The van der Waals surface area contributed by atoms with Crippen LogP contribution in [-0.4, -0.2) is 41.7 Å². The smallest absolute Gasteiger partial charge is 0.220 e. The molecule has 1 aliphatic rings. The Kier molecular flexibility index (Phi) is 6.01. The van der Waals surface area contributed by atoms with Crippen molar-refractivity contribution in [2.45, 2.75) is 31.9 Å². The Morgan fingerprint density at radius 3 is 2.92 bits per heavy atom. The molecule has 24 heavy (non-hydrogen) atoms. The van der Waals surface area contributed by atoms with E-state index in [1.165, 1.54) is 16.7 Å². The number of amides is 1. The van der Waals surface area contributed by atoms with Crippen molar-refractivity contribution >= 4 is 17.2 Å². The number of fused-ring (bicyclic) bond motifs is 1. The second kappa shape index (κ2) is 8.42. The van der Waals surface area contributed by atoms with Crippen LogP contribution in [-0.2, 0) is 24.2 Å². The van der Waals surface area contributed by atoms with E-state index in [1.807, 2.05) is 11.4 Å². The molecule has 0 saturated carbocycles. The molecule has 3 rings (SSSR count). The molecule has 1 aromatic heterocycles. The van der Waals surface area contributed by atoms with Gasteiger partial charge in [-0.1, -0.05) is 24.3 Å². The monoisotopic (exact) mass is 344 g/mol. The predicted octanol–water partition coefficient (Wildman–Crippen LogP) is 2.22. The molecule has 1 unspecified atom stereocenters. The summed E-state index contributed by atoms with van der Waals surface area (Å²) in [6.07, 6.45) is 1.73. The van der Waals surface area contributed by atoms with Crippen molar-refractivity contribution in [3.63, 3.8) is 0 Å². The first-order valence-corrected chi connectivity index (χ1v) is 9.40. The number of aryl methyl sites for hydroxylation is 1. The number of β-amino-alcohol motifs (C(OH)–C–C–N with tert-alkyl or cyclic N) is 1. The van der Waals surface area contributed by atoms with E-state index in [4.69, 9.17) is 0 Å². The van der Waals surface area contributed by atoms with E-state index in [1.54, 1.807) is 11.3 Å². The minimum Gasteiger partial charge on any atom is -0.390 e. The quantitative estimate of drug-likeness (QED) is 0.810. The third-order valence-electron chi connectivity index (χ3n) is 4.43. The Bertz CT molecular complexity index is 657. The van der Waals surface area contributed by atoms with E-state index in [-0.39, 0.29) is 5.91 Å². The van der Waals surface area contributed by atoms with Crippen LogP contribution in [0.15, 0.2) is 41.1 Å². The first-order valence-electron chi connectivity index (χ1n) is 8.45. The van der Waals surface area contributed by atoms with E-state index >= 15 is 0 Å². The highest BCUT2D eigenvalue weighted by atomic mass is 32.1. The first-order chi connectivity index (χ1) is 11.7. The largest absolute Gasteiger partial charge is 0.390 e. The number of nitrogens with zero attached hydrogens (tertiary/aromatic N) is 1. The van der Waals surface area contributed by atoms with Gasteiger partial charge >= 0.3 is 0 Å². The maximum atomic E-state index is 11.9. The van der Waals surface area contributed by atoms with Crippen LogP contribution in [0.1, 0.15) is 23.1 Å². The minimum atomic E-state index is -0.527. The van der Waals surface area contributed by atoms with Crippen LogP contribution in [0.4, 0.5) is 0 Å². The second-order valence-electron chi connectivity index (χ2n) is 6.34. The zero-order valence-electron chi connectivity index (χ0n) is 13.8. The molecule has 1 aromatic carbocycles. The number of hydrogen-bond acceptors (Lipinski definition) is 4. The van der Waals surface area contributed by atoms with E-state index in [9.17, 15) is 9.90 Å². The summed E-state index contributed by atoms with van der Waals surface area (Å²) in [7, 11) is 0. The molecule has 0 aliphatic carbocycles. The fourth-order valence-corrected chi connectivity index (χ4v) is 3.79. The Balaban J connectivity index is 1.37. The van der Waals surface area contributed by atoms with Crippen molar-refractivity contribution in [3.8, 4) is 0 Å². The summed E-state index contributed by atoms with van der Waals surface area (Å²) in [6, 6.07) is 10.5. The highest BCUT2D eigenvalue weighted by Crippen LogP contribution is 2.18. The topological polar surface area (TPSA) is 52.6 Å². The molecule has 5 heteroatoms. The van der Waals surface area contributed by atoms with Crippen molar-refractivity contribution in [1.82, 2.24) is 10.2 Å². The van der Waals surface area contributed by atoms with E-state index < -0.39 is 6.10 Å². The highest BCUT2D eigenvalue weighted by Gasteiger charge is 2.18. The van der Waals surface area contributed by atoms with Crippen LogP contribution in [0.2, 0.25) is 0 Å². The summed E-state index contributed by atoms with van der Waals surface area (Å²) in [5.74, 6) is 0.00393. The molecule has 0 saturated heterocycles. The molecule has 0 radical (unpaired) electrons. The molecular formula is C19H24N2O2S. The number of aliphatic hydroxyl groups excluding tert-OH is 1. The van der Waals surface area contributed by atoms with Gasteiger partial charge in [0.25, 0.3) is 0 Å². The number of thiophene rings is 1. The molecule has 0 bridgehead atoms. The van der Waals surface area contributed by atoms with Crippen LogP contribution in [0, 0.1) is 0 Å². The lowest BCUT2D eigenvalue weighted by atomic mass is 10.00. The van der Waals surface area contributed by atoms with Crippen molar-refractivity contribution in [2.75, 3.05) is 19.6 Å². The number of rotatable bonds is 7. The lowest BCUT2D eigenvalue weighted by molar-refractivity contribution is -0.121. The second-order valence-corrected chi connectivity index (χ2v) is 7.12. The average molecular weight is 344 g/mol. The van der Waals surface area contributed by atoms with Crippen LogP contribution < -0.4 is 5.32 Å². The van der Waals surface area contributed by atoms with Crippen molar-refractivity contribution in [3.05, 3.63) is 57.8 Å². The van der Waals surface area contributed by atoms with Gasteiger partial charge in [0.05, 0.1) is 6.10 Å². The average Bonchev–Trinajstić information content (AvgIpc) is 3.11. The minimum absolute atomic E-state index is 0.00393. The van der Waals surface area contributed by atoms with Gasteiger partial charge in [-0.25, -0.2) is 0 Å². The van der Waals surface area contributed by atoms with Crippen LogP contribution >= 0.6 is 11.3 Å². The van der Waals surface area contributed by atoms with E-state index in [2.05, 4.69) is 39.9 Å². The van der Waals surface area contributed by atoms with Gasteiger partial charge in [-0.2, -0.15) is 11.3 Å². The van der Waals surface area contributed by atoms with Gasteiger partial charge in [0.2, 0.25) is 5.91 Å². The molecule has 1 atom stereocenters. The fourth-order valence-electron chi connectivity index (χ4n) is 3.09. The van der Waals surface area contributed by atoms with Gasteiger partial charge in [-0.15, -0.1) is 0 Å².